The van der Waals surface area contributed by atoms with Gasteiger partial charge in [-0.3, -0.25) is 0 Å². The van der Waals surface area contributed by atoms with Crippen molar-refractivity contribution < 1.29 is 0 Å². The third kappa shape index (κ3) is 5.28. The van der Waals surface area contributed by atoms with Crippen LogP contribution in [0.5, 0.6) is 0 Å². The number of anilines is 1. The zero-order valence-electron chi connectivity index (χ0n) is 14.3. The molecule has 0 amide bonds. The lowest BCUT2D eigenvalue weighted by Gasteiger charge is -2.12. The number of nitrogens with zero attached hydrogens (tertiary/aromatic N) is 2. The highest BCUT2D eigenvalue weighted by atomic mass is 15.2. The minimum atomic E-state index is 0.160. The summed E-state index contributed by atoms with van der Waals surface area (Å²) in [5.41, 5.74) is 10.7. The number of aryl methyl sites for hydroxylation is 2. The molecular weight excluding hydrogens is 298 g/mol. The summed E-state index contributed by atoms with van der Waals surface area (Å²) >= 11 is 0. The highest BCUT2D eigenvalue weighted by molar-refractivity contribution is 6.02. The van der Waals surface area contributed by atoms with Crippen molar-refractivity contribution in [1.82, 2.24) is 5.32 Å². The summed E-state index contributed by atoms with van der Waals surface area (Å²) in [7, 11) is 0. The molecule has 2 aromatic carbocycles. The lowest BCUT2D eigenvalue weighted by molar-refractivity contribution is 1.12. The van der Waals surface area contributed by atoms with Gasteiger partial charge in [-0.15, -0.1) is 0 Å². The van der Waals surface area contributed by atoms with E-state index in [1.807, 2.05) is 69.3 Å². The molecule has 0 unspecified atom stereocenters. The summed E-state index contributed by atoms with van der Waals surface area (Å²) in [6.07, 6.45) is 0. The molecule has 2 aromatic rings. The summed E-state index contributed by atoms with van der Waals surface area (Å²) in [5, 5.41) is 6.24. The molecule has 0 fully saturated rings. The molecule has 4 N–H and O–H groups in total. The molecule has 0 aliphatic carbocycles. The molecule has 24 heavy (non-hydrogen) atoms. The van der Waals surface area contributed by atoms with Gasteiger partial charge in [0.1, 0.15) is 0 Å². The van der Waals surface area contributed by atoms with Crippen LogP contribution in [0.3, 0.4) is 0 Å². The van der Waals surface area contributed by atoms with Gasteiger partial charge in [-0.25, -0.2) is 4.99 Å². The Balaban J connectivity index is 2.25. The van der Waals surface area contributed by atoms with Crippen molar-refractivity contribution in [3.63, 3.8) is 0 Å². The predicted octanol–water partition coefficient (Wildman–Crippen LogP) is 3.84. The standard InChI is InChI=1S/C19H23N5/c1-13(2)21-19(22-16-11-9-14(3)10-12-16)24-18(20)23-17-8-6-5-7-15(17)4/h5-12H,1H2,2-4H3,(H4,20,21,22,23,24). The van der Waals surface area contributed by atoms with Gasteiger partial charge in [-0.1, -0.05) is 42.5 Å². The largest absolute Gasteiger partial charge is 0.368 e. The maximum absolute atomic E-state index is 5.98. The molecule has 2 rings (SSSR count). The Kier molecular flexibility index (Phi) is 5.73. The molecule has 0 heterocycles. The molecule has 124 valence electrons. The van der Waals surface area contributed by atoms with Gasteiger partial charge in [0.2, 0.25) is 11.9 Å². The van der Waals surface area contributed by atoms with Crippen LogP contribution < -0.4 is 16.4 Å². The second kappa shape index (κ2) is 7.97. The summed E-state index contributed by atoms with van der Waals surface area (Å²) in [4.78, 5) is 8.69. The molecule has 0 radical (unpaired) electrons. The lowest BCUT2D eigenvalue weighted by atomic mass is 10.2. The van der Waals surface area contributed by atoms with Crippen molar-refractivity contribution in [2.24, 2.45) is 15.7 Å². The first-order chi connectivity index (χ1) is 11.4. The SMILES string of the molecule is C=C(C)NC(=NC(N)=Nc1ccccc1C)Nc1ccc(C)cc1. The van der Waals surface area contributed by atoms with Crippen molar-refractivity contribution in [1.29, 1.82) is 0 Å². The zero-order valence-corrected chi connectivity index (χ0v) is 14.3. The van der Waals surface area contributed by atoms with Crippen molar-refractivity contribution >= 4 is 23.3 Å². The molecule has 0 aromatic heterocycles. The summed E-state index contributed by atoms with van der Waals surface area (Å²) < 4.78 is 0. The third-order valence-electron chi connectivity index (χ3n) is 3.22. The average molecular weight is 321 g/mol. The van der Waals surface area contributed by atoms with Gasteiger partial charge < -0.3 is 16.4 Å². The first-order valence-corrected chi connectivity index (χ1v) is 7.69. The second-order valence-corrected chi connectivity index (χ2v) is 5.61. The zero-order chi connectivity index (χ0) is 17.5. The molecule has 5 heteroatoms. The van der Waals surface area contributed by atoms with E-state index in [0.29, 0.717) is 5.96 Å². The van der Waals surface area contributed by atoms with Gasteiger partial charge in [-0.2, -0.15) is 4.99 Å². The second-order valence-electron chi connectivity index (χ2n) is 5.61. The van der Waals surface area contributed by atoms with E-state index in [1.54, 1.807) is 0 Å². The fourth-order valence-electron chi connectivity index (χ4n) is 2.01. The van der Waals surface area contributed by atoms with E-state index in [1.165, 1.54) is 5.56 Å². The van der Waals surface area contributed by atoms with Gasteiger partial charge in [-0.05, 0) is 44.5 Å². The number of para-hydroxylation sites is 1. The van der Waals surface area contributed by atoms with Crippen LogP contribution in [0.25, 0.3) is 0 Å². The van der Waals surface area contributed by atoms with Crippen LogP contribution in [0.1, 0.15) is 18.1 Å². The topological polar surface area (TPSA) is 74.8 Å². The monoisotopic (exact) mass is 321 g/mol. The Morgan fingerprint density at radius 3 is 2.33 bits per heavy atom. The number of allylic oxidation sites excluding steroid dienone is 1. The number of benzene rings is 2. The number of hydrogen-bond acceptors (Lipinski definition) is 1. The summed E-state index contributed by atoms with van der Waals surface area (Å²) in [6.45, 7) is 9.71. The fourth-order valence-corrected chi connectivity index (χ4v) is 2.01. The van der Waals surface area contributed by atoms with Crippen molar-refractivity contribution in [3.8, 4) is 0 Å². The number of nitrogens with two attached hydrogens (primary N) is 1. The third-order valence-corrected chi connectivity index (χ3v) is 3.22. The van der Waals surface area contributed by atoms with E-state index in [2.05, 4.69) is 27.2 Å². The van der Waals surface area contributed by atoms with E-state index >= 15 is 0 Å². The molecule has 5 nitrogen and oxygen atoms in total. The highest BCUT2D eigenvalue weighted by Crippen LogP contribution is 2.17. The number of hydrogen-bond donors (Lipinski definition) is 3. The summed E-state index contributed by atoms with van der Waals surface area (Å²) in [5.74, 6) is 0.633. The van der Waals surface area contributed by atoms with Crippen molar-refractivity contribution in [2.75, 3.05) is 5.32 Å². The van der Waals surface area contributed by atoms with E-state index in [9.17, 15) is 0 Å². The fraction of sp³-hybridized carbons (Fsp3) is 0.158. The quantitative estimate of drug-likeness (QED) is 0.594. The van der Waals surface area contributed by atoms with Gasteiger partial charge in [0, 0.05) is 11.4 Å². The minimum Gasteiger partial charge on any atom is -0.368 e. The molecule has 0 spiro atoms. The minimum absolute atomic E-state index is 0.160. The predicted molar refractivity (Wildman–Crippen MR) is 103 cm³/mol. The maximum Gasteiger partial charge on any atom is 0.223 e. The molecular formula is C19H23N5. The van der Waals surface area contributed by atoms with Crippen molar-refractivity contribution in [2.45, 2.75) is 20.8 Å². The Morgan fingerprint density at radius 1 is 1.04 bits per heavy atom. The summed E-state index contributed by atoms with van der Waals surface area (Å²) in [6, 6.07) is 15.7. The van der Waals surface area contributed by atoms with Crippen LogP contribution in [0.4, 0.5) is 11.4 Å². The van der Waals surface area contributed by atoms with Gasteiger partial charge in [0.25, 0.3) is 0 Å². The normalized spacial score (nSPS) is 12.0. The molecule has 0 aliphatic rings. The molecule has 0 aliphatic heterocycles. The van der Waals surface area contributed by atoms with Crippen LogP contribution in [0.2, 0.25) is 0 Å². The van der Waals surface area contributed by atoms with Crippen LogP contribution in [-0.4, -0.2) is 11.9 Å². The van der Waals surface area contributed by atoms with E-state index in [4.69, 9.17) is 5.73 Å². The van der Waals surface area contributed by atoms with Crippen molar-refractivity contribution in [3.05, 3.63) is 71.9 Å². The van der Waals surface area contributed by atoms with Gasteiger partial charge in [0.05, 0.1) is 5.69 Å². The molecule has 0 bridgehead atoms. The van der Waals surface area contributed by atoms with Gasteiger partial charge in [0.15, 0.2) is 0 Å². The Morgan fingerprint density at radius 2 is 1.71 bits per heavy atom. The number of rotatable bonds is 3. The molecule has 0 atom stereocenters. The van der Waals surface area contributed by atoms with E-state index < -0.39 is 0 Å². The Bertz CT molecular complexity index is 773. The Labute approximate surface area is 143 Å². The first kappa shape index (κ1) is 17.3. The van der Waals surface area contributed by atoms with Crippen LogP contribution in [-0.2, 0) is 0 Å². The smallest absolute Gasteiger partial charge is 0.223 e. The first-order valence-electron chi connectivity index (χ1n) is 7.69. The van der Waals surface area contributed by atoms with Gasteiger partial charge >= 0.3 is 0 Å². The number of aliphatic imine (C=N–C) groups is 2. The number of guanidine groups is 2. The van der Waals surface area contributed by atoms with E-state index in [0.717, 1.165) is 22.6 Å². The lowest BCUT2D eigenvalue weighted by Crippen LogP contribution is -2.31. The van der Waals surface area contributed by atoms with E-state index in [-0.39, 0.29) is 5.96 Å². The molecule has 0 saturated heterocycles. The maximum atomic E-state index is 5.98. The molecule has 0 saturated carbocycles. The average Bonchev–Trinajstić information content (AvgIpc) is 2.51. The number of nitrogens with one attached hydrogen (secondary N) is 2. The van der Waals surface area contributed by atoms with Crippen LogP contribution >= 0.6 is 0 Å². The Hall–Kier alpha value is -3.08. The van der Waals surface area contributed by atoms with Crippen LogP contribution in [0, 0.1) is 13.8 Å². The highest BCUT2D eigenvalue weighted by Gasteiger charge is 2.03. The van der Waals surface area contributed by atoms with Crippen LogP contribution in [0.15, 0.2) is 70.8 Å².